The van der Waals surface area contributed by atoms with Crippen molar-refractivity contribution in [3.05, 3.63) is 23.8 Å². The van der Waals surface area contributed by atoms with E-state index >= 15 is 0 Å². The molecule has 4 fully saturated rings. The Morgan fingerprint density at radius 3 is 2.40 bits per heavy atom. The third-order valence-electron chi connectivity index (χ3n) is 13.1. The van der Waals surface area contributed by atoms with Crippen molar-refractivity contribution in [3.8, 4) is 0 Å². The predicted octanol–water partition coefficient (Wildman–Crippen LogP) is 4.95. The molecule has 0 saturated heterocycles. The Labute approximate surface area is 210 Å². The fourth-order valence-corrected chi connectivity index (χ4v) is 10.7. The molecule has 11 atom stereocenters. The van der Waals surface area contributed by atoms with Gasteiger partial charge >= 0.3 is 5.97 Å². The van der Waals surface area contributed by atoms with Gasteiger partial charge in [-0.25, -0.2) is 0 Å². The molecule has 5 aliphatic rings. The number of allylic oxidation sites excluding steroid dienone is 3. The topological polar surface area (TPSA) is 98.0 Å². The van der Waals surface area contributed by atoms with Crippen LogP contribution in [-0.2, 0) is 4.79 Å². The summed E-state index contributed by atoms with van der Waals surface area (Å²) >= 11 is 0. The number of hydrogen-bond acceptors (Lipinski definition) is 4. The first-order chi connectivity index (χ1) is 16.2. The van der Waals surface area contributed by atoms with Crippen LogP contribution in [0.4, 0.5) is 0 Å². The third kappa shape index (κ3) is 2.89. The molecule has 0 aliphatic heterocycles. The van der Waals surface area contributed by atoms with E-state index in [0.717, 1.165) is 32.1 Å². The number of carboxylic acid groups (broad SMARTS) is 1. The average Bonchev–Trinajstić information content (AvgIpc) is 2.80. The lowest BCUT2D eigenvalue weighted by molar-refractivity contribution is -0.243. The lowest BCUT2D eigenvalue weighted by atomic mass is 9.33. The summed E-state index contributed by atoms with van der Waals surface area (Å²) in [7, 11) is 0. The standard InChI is InChI=1S/C30H46O5/c1-17-9-12-30(25(34)35)14-13-28(5)19(23(30)18(17)2)7-8-22-26(3)15-20(32)24(33)27(4,16-31)21(26)10-11-29(22,28)6/h7,18,20-24,31-33H,1,8-16H2,2-6H3,(H,34,35)/t18-,20+,21?,22?,23?,24+,26-,27-,28+,29+,30-/m0/s1. The van der Waals surface area contributed by atoms with Crippen LogP contribution in [0.15, 0.2) is 23.8 Å². The van der Waals surface area contributed by atoms with Gasteiger partial charge < -0.3 is 20.4 Å². The van der Waals surface area contributed by atoms with E-state index in [1.54, 1.807) is 0 Å². The molecule has 0 bridgehead atoms. The number of hydrogen-bond donors (Lipinski definition) is 4. The first-order valence-corrected chi connectivity index (χ1v) is 13.8. The van der Waals surface area contributed by atoms with Crippen molar-refractivity contribution < 1.29 is 25.2 Å². The van der Waals surface area contributed by atoms with Gasteiger partial charge in [0.2, 0.25) is 0 Å². The summed E-state index contributed by atoms with van der Waals surface area (Å²) in [6, 6.07) is 0. The second kappa shape index (κ2) is 7.68. The first-order valence-electron chi connectivity index (χ1n) is 13.8. The summed E-state index contributed by atoms with van der Waals surface area (Å²) in [5.74, 6) is -0.0668. The molecular weight excluding hydrogens is 440 g/mol. The van der Waals surface area contributed by atoms with Gasteiger partial charge in [-0.15, -0.1) is 0 Å². The fourth-order valence-electron chi connectivity index (χ4n) is 10.7. The van der Waals surface area contributed by atoms with Gasteiger partial charge in [-0.3, -0.25) is 4.79 Å². The van der Waals surface area contributed by atoms with Gasteiger partial charge in [0.15, 0.2) is 0 Å². The highest BCUT2D eigenvalue weighted by Gasteiger charge is 2.70. The van der Waals surface area contributed by atoms with Crippen LogP contribution in [0.1, 0.15) is 86.0 Å². The smallest absolute Gasteiger partial charge is 0.310 e. The van der Waals surface area contributed by atoms with Crippen molar-refractivity contribution >= 4 is 5.97 Å². The fraction of sp³-hybridized carbons (Fsp3) is 0.833. The maximum Gasteiger partial charge on any atom is 0.310 e. The molecule has 196 valence electrons. The normalized spacial score (nSPS) is 55.7. The van der Waals surface area contributed by atoms with Gasteiger partial charge in [-0.1, -0.05) is 58.4 Å². The number of fused-ring (bicyclic) bond motifs is 7. The van der Waals surface area contributed by atoms with E-state index in [1.165, 1.54) is 11.1 Å². The highest BCUT2D eigenvalue weighted by Crippen LogP contribution is 2.75. The van der Waals surface area contributed by atoms with Crippen molar-refractivity contribution in [3.63, 3.8) is 0 Å². The van der Waals surface area contributed by atoms with Crippen LogP contribution in [0.25, 0.3) is 0 Å². The van der Waals surface area contributed by atoms with Gasteiger partial charge in [0, 0.05) is 11.3 Å². The molecule has 5 nitrogen and oxygen atoms in total. The van der Waals surface area contributed by atoms with Gasteiger partial charge in [0.05, 0.1) is 24.2 Å². The van der Waals surface area contributed by atoms with Crippen LogP contribution >= 0.6 is 0 Å². The highest BCUT2D eigenvalue weighted by atomic mass is 16.4. The Morgan fingerprint density at radius 1 is 1.09 bits per heavy atom. The quantitative estimate of drug-likeness (QED) is 0.414. The van der Waals surface area contributed by atoms with Crippen LogP contribution in [0.5, 0.6) is 0 Å². The van der Waals surface area contributed by atoms with Crippen LogP contribution < -0.4 is 0 Å². The molecule has 5 aliphatic carbocycles. The summed E-state index contributed by atoms with van der Waals surface area (Å²) in [5, 5.41) is 42.8. The molecule has 0 spiro atoms. The molecule has 0 amide bonds. The van der Waals surface area contributed by atoms with Crippen LogP contribution in [-0.4, -0.2) is 45.2 Å². The zero-order valence-electron chi connectivity index (χ0n) is 22.3. The van der Waals surface area contributed by atoms with E-state index < -0.39 is 29.0 Å². The van der Waals surface area contributed by atoms with E-state index in [4.69, 9.17) is 0 Å². The maximum atomic E-state index is 12.8. The molecule has 4 saturated carbocycles. The minimum absolute atomic E-state index is 0.00946. The first kappa shape index (κ1) is 25.5. The average molecular weight is 487 g/mol. The summed E-state index contributed by atoms with van der Waals surface area (Å²) < 4.78 is 0. The van der Waals surface area contributed by atoms with Crippen molar-refractivity contribution in [2.24, 2.45) is 50.7 Å². The van der Waals surface area contributed by atoms with Gasteiger partial charge in [0.1, 0.15) is 0 Å². The Hall–Kier alpha value is -1.17. The van der Waals surface area contributed by atoms with Gasteiger partial charge in [-0.2, -0.15) is 0 Å². The van der Waals surface area contributed by atoms with Crippen molar-refractivity contribution in [1.29, 1.82) is 0 Å². The Kier molecular flexibility index (Phi) is 5.59. The monoisotopic (exact) mass is 486 g/mol. The van der Waals surface area contributed by atoms with Crippen LogP contribution in [0, 0.1) is 50.7 Å². The van der Waals surface area contributed by atoms with Gasteiger partial charge in [-0.05, 0) is 85.4 Å². The van der Waals surface area contributed by atoms with E-state index in [1.807, 2.05) is 6.92 Å². The molecule has 35 heavy (non-hydrogen) atoms. The third-order valence-corrected chi connectivity index (χ3v) is 13.1. The number of carbonyl (C=O) groups is 1. The maximum absolute atomic E-state index is 12.8. The minimum Gasteiger partial charge on any atom is -0.481 e. The molecule has 4 N–H and O–H groups in total. The van der Waals surface area contributed by atoms with E-state index in [0.29, 0.717) is 25.2 Å². The largest absolute Gasteiger partial charge is 0.481 e. The Bertz CT molecular complexity index is 972. The number of carboxylic acids is 1. The van der Waals surface area contributed by atoms with Gasteiger partial charge in [0.25, 0.3) is 0 Å². The van der Waals surface area contributed by atoms with Crippen LogP contribution in [0.2, 0.25) is 0 Å². The molecule has 5 rings (SSSR count). The van der Waals surface area contributed by atoms with Crippen molar-refractivity contribution in [1.82, 2.24) is 0 Å². The summed E-state index contributed by atoms with van der Waals surface area (Å²) in [6.07, 6.45) is 7.00. The molecule has 0 aromatic carbocycles. The number of aliphatic hydroxyl groups excluding tert-OH is 3. The zero-order valence-corrected chi connectivity index (χ0v) is 22.3. The SMILES string of the molecule is C=C1CC[C@]2(C(=O)O)CC[C@]3(C)C(=CCC4[C@@]5(C)C[C@@H](O)[C@@H](O)[C@@](C)(CO)C5CC[C@]43C)C2[C@H]1C. The summed E-state index contributed by atoms with van der Waals surface area (Å²) in [5.41, 5.74) is 0.748. The second-order valence-electron chi connectivity index (χ2n) is 14.1. The lowest BCUT2D eigenvalue weighted by Gasteiger charge is -2.71. The minimum atomic E-state index is -0.917. The van der Waals surface area contributed by atoms with Crippen molar-refractivity contribution in [2.75, 3.05) is 6.61 Å². The molecule has 3 unspecified atom stereocenters. The summed E-state index contributed by atoms with van der Waals surface area (Å²) in [4.78, 5) is 12.8. The van der Waals surface area contributed by atoms with E-state index in [-0.39, 0.29) is 40.6 Å². The second-order valence-corrected chi connectivity index (χ2v) is 14.1. The zero-order chi connectivity index (χ0) is 25.8. The summed E-state index contributed by atoms with van der Waals surface area (Å²) in [6.45, 7) is 15.5. The van der Waals surface area contributed by atoms with Crippen molar-refractivity contribution in [2.45, 2.75) is 98.2 Å². The molecule has 5 heteroatoms. The highest BCUT2D eigenvalue weighted by molar-refractivity contribution is 5.77. The lowest BCUT2D eigenvalue weighted by Crippen LogP contribution is -2.68. The number of rotatable bonds is 2. The number of aliphatic carboxylic acids is 1. The molecule has 0 aromatic heterocycles. The predicted molar refractivity (Wildman–Crippen MR) is 135 cm³/mol. The Morgan fingerprint density at radius 2 is 1.77 bits per heavy atom. The molecule has 0 heterocycles. The van der Waals surface area contributed by atoms with Crippen LogP contribution in [0.3, 0.4) is 0 Å². The van der Waals surface area contributed by atoms with E-state index in [2.05, 4.69) is 40.3 Å². The number of aliphatic hydroxyl groups is 3. The molecular formula is C30H46O5. The van der Waals surface area contributed by atoms with E-state index in [9.17, 15) is 25.2 Å². The molecule has 0 aromatic rings. The molecule has 0 radical (unpaired) electrons. The Balaban J connectivity index is 1.63.